The van der Waals surface area contributed by atoms with Gasteiger partial charge in [-0.2, -0.15) is 0 Å². The van der Waals surface area contributed by atoms with Crippen molar-refractivity contribution in [3.8, 4) is 5.75 Å². The summed E-state index contributed by atoms with van der Waals surface area (Å²) in [5, 5.41) is 17.3. The van der Waals surface area contributed by atoms with E-state index in [4.69, 9.17) is 4.74 Å². The molecule has 0 radical (unpaired) electrons. The van der Waals surface area contributed by atoms with Crippen molar-refractivity contribution in [1.82, 2.24) is 25.5 Å². The van der Waals surface area contributed by atoms with Crippen LogP contribution in [0.2, 0.25) is 0 Å². The van der Waals surface area contributed by atoms with Gasteiger partial charge in [-0.3, -0.25) is 4.79 Å². The molecular formula is C16H22N6O2. The first-order valence-corrected chi connectivity index (χ1v) is 8.12. The number of nitrogens with zero attached hydrogens (tertiary/aromatic N) is 4. The van der Waals surface area contributed by atoms with Gasteiger partial charge in [-0.1, -0.05) is 0 Å². The molecule has 1 heterocycles. The number of hydrogen-bond donors (Lipinski definition) is 2. The van der Waals surface area contributed by atoms with Crippen LogP contribution in [0.4, 0.5) is 5.69 Å². The van der Waals surface area contributed by atoms with Crippen LogP contribution in [-0.2, 0) is 10.3 Å². The summed E-state index contributed by atoms with van der Waals surface area (Å²) < 4.78 is 7.15. The van der Waals surface area contributed by atoms with Crippen molar-refractivity contribution >= 4 is 11.6 Å². The Morgan fingerprint density at radius 2 is 2.04 bits per heavy atom. The number of ether oxygens (including phenoxy) is 1. The molecule has 8 heteroatoms. The minimum absolute atomic E-state index is 0.0303. The molecule has 128 valence electrons. The van der Waals surface area contributed by atoms with Gasteiger partial charge in [-0.05, 0) is 61.4 Å². The molecule has 0 bridgehead atoms. The molecule has 1 aliphatic carbocycles. The summed E-state index contributed by atoms with van der Waals surface area (Å²) >= 11 is 0. The van der Waals surface area contributed by atoms with Crippen molar-refractivity contribution in [2.24, 2.45) is 0 Å². The number of anilines is 1. The smallest absolute Gasteiger partial charge is 0.248 e. The summed E-state index contributed by atoms with van der Waals surface area (Å²) in [5.41, 5.74) is 0.404. The zero-order chi connectivity index (χ0) is 17.0. The molecule has 1 aliphatic rings. The maximum absolute atomic E-state index is 12.3. The molecule has 0 spiro atoms. The summed E-state index contributed by atoms with van der Waals surface area (Å²) in [6.07, 6.45) is 3.20. The highest BCUT2D eigenvalue weighted by Crippen LogP contribution is 2.42. The van der Waals surface area contributed by atoms with E-state index >= 15 is 0 Å². The molecule has 8 nitrogen and oxygen atoms in total. The van der Waals surface area contributed by atoms with Crippen LogP contribution >= 0.6 is 0 Å². The Labute approximate surface area is 140 Å². The summed E-state index contributed by atoms with van der Waals surface area (Å²) in [7, 11) is 0. The second-order valence-electron chi connectivity index (χ2n) is 6.16. The number of tetrazole rings is 1. The first-order chi connectivity index (χ1) is 11.6. The highest BCUT2D eigenvalue weighted by molar-refractivity contribution is 5.87. The molecule has 0 aliphatic heterocycles. The normalized spacial score (nSPS) is 15.1. The second kappa shape index (κ2) is 6.86. The predicted octanol–water partition coefficient (Wildman–Crippen LogP) is 1.18. The van der Waals surface area contributed by atoms with E-state index in [9.17, 15) is 4.79 Å². The molecule has 24 heavy (non-hydrogen) atoms. The summed E-state index contributed by atoms with van der Waals surface area (Å²) in [6.45, 7) is 5.17. The van der Waals surface area contributed by atoms with E-state index in [1.807, 2.05) is 38.1 Å². The van der Waals surface area contributed by atoms with E-state index in [1.165, 1.54) is 6.33 Å². The fourth-order valence-electron chi connectivity index (χ4n) is 2.51. The summed E-state index contributed by atoms with van der Waals surface area (Å²) in [5.74, 6) is 0.818. The molecule has 2 N–H and O–H groups in total. The Morgan fingerprint density at radius 3 is 2.62 bits per heavy atom. The zero-order valence-corrected chi connectivity index (χ0v) is 13.9. The molecule has 0 saturated heterocycles. The zero-order valence-electron chi connectivity index (χ0n) is 13.9. The molecular weight excluding hydrogens is 308 g/mol. The molecule has 3 rings (SSSR count). The fraction of sp³-hybridized carbons (Fsp3) is 0.500. The van der Waals surface area contributed by atoms with Crippen molar-refractivity contribution in [3.05, 3.63) is 30.6 Å². The molecule has 1 aromatic heterocycles. The van der Waals surface area contributed by atoms with E-state index < -0.39 is 5.54 Å². The summed E-state index contributed by atoms with van der Waals surface area (Å²) in [6, 6.07) is 7.78. The molecule has 1 aromatic carbocycles. The third-order valence-electron chi connectivity index (χ3n) is 3.90. The van der Waals surface area contributed by atoms with Crippen LogP contribution in [0, 0.1) is 0 Å². The van der Waals surface area contributed by atoms with E-state index in [-0.39, 0.29) is 12.0 Å². The second-order valence-corrected chi connectivity index (χ2v) is 6.16. The first kappa shape index (κ1) is 16.2. The standard InChI is InChI=1S/C16H22N6O2/c1-12(2)24-14-5-3-13(4-6-14)17-9-10-18-15(23)16(7-8-16)22-11-19-20-21-22/h3-6,11-12,17H,7-10H2,1-2H3,(H,18,23). The number of rotatable bonds is 8. The average Bonchev–Trinajstić information content (AvgIpc) is 3.19. The Kier molecular flexibility index (Phi) is 4.64. The van der Waals surface area contributed by atoms with Crippen molar-refractivity contribution in [2.75, 3.05) is 18.4 Å². The first-order valence-electron chi connectivity index (χ1n) is 8.12. The highest BCUT2D eigenvalue weighted by Gasteiger charge is 2.53. The van der Waals surface area contributed by atoms with Gasteiger partial charge in [0.25, 0.3) is 0 Å². The molecule has 0 atom stereocenters. The van der Waals surface area contributed by atoms with Gasteiger partial charge in [-0.25, -0.2) is 4.68 Å². The maximum Gasteiger partial charge on any atom is 0.248 e. The number of amides is 1. The minimum Gasteiger partial charge on any atom is -0.491 e. The van der Waals surface area contributed by atoms with E-state index in [2.05, 4.69) is 26.2 Å². The highest BCUT2D eigenvalue weighted by atomic mass is 16.5. The van der Waals surface area contributed by atoms with Crippen molar-refractivity contribution in [1.29, 1.82) is 0 Å². The van der Waals surface area contributed by atoms with Crippen LogP contribution in [-0.4, -0.2) is 45.3 Å². The molecule has 2 aromatic rings. The van der Waals surface area contributed by atoms with Gasteiger partial charge in [0.2, 0.25) is 5.91 Å². The molecule has 1 saturated carbocycles. The lowest BCUT2D eigenvalue weighted by Crippen LogP contribution is -2.41. The lowest BCUT2D eigenvalue weighted by Gasteiger charge is -2.15. The van der Waals surface area contributed by atoms with Gasteiger partial charge >= 0.3 is 0 Å². The van der Waals surface area contributed by atoms with Crippen molar-refractivity contribution in [3.63, 3.8) is 0 Å². The number of nitrogens with one attached hydrogen (secondary N) is 2. The van der Waals surface area contributed by atoms with Gasteiger partial charge in [0.05, 0.1) is 6.10 Å². The number of hydrogen-bond acceptors (Lipinski definition) is 6. The Morgan fingerprint density at radius 1 is 1.29 bits per heavy atom. The van der Waals surface area contributed by atoms with Crippen LogP contribution in [0.1, 0.15) is 26.7 Å². The third kappa shape index (κ3) is 3.64. The van der Waals surface area contributed by atoms with Crippen LogP contribution in [0.3, 0.4) is 0 Å². The Balaban J connectivity index is 1.42. The average molecular weight is 330 g/mol. The quantitative estimate of drug-likeness (QED) is 0.706. The van der Waals surface area contributed by atoms with E-state index in [0.717, 1.165) is 24.3 Å². The van der Waals surface area contributed by atoms with Crippen LogP contribution < -0.4 is 15.4 Å². The largest absolute Gasteiger partial charge is 0.491 e. The van der Waals surface area contributed by atoms with Crippen molar-refractivity contribution in [2.45, 2.75) is 38.3 Å². The number of benzene rings is 1. The number of aromatic nitrogens is 4. The van der Waals surface area contributed by atoms with Gasteiger partial charge in [-0.15, -0.1) is 5.10 Å². The molecule has 0 unspecified atom stereocenters. The van der Waals surface area contributed by atoms with Crippen molar-refractivity contribution < 1.29 is 9.53 Å². The van der Waals surface area contributed by atoms with Gasteiger partial charge in [0, 0.05) is 18.8 Å². The SMILES string of the molecule is CC(C)Oc1ccc(NCCNC(=O)C2(n3cnnn3)CC2)cc1. The van der Waals surface area contributed by atoms with Gasteiger partial charge in [0.1, 0.15) is 17.6 Å². The Hall–Kier alpha value is -2.64. The number of carbonyl (C=O) groups excluding carboxylic acids is 1. The lowest BCUT2D eigenvalue weighted by molar-refractivity contribution is -0.125. The lowest BCUT2D eigenvalue weighted by atomic mass is 10.2. The van der Waals surface area contributed by atoms with E-state index in [0.29, 0.717) is 13.1 Å². The van der Waals surface area contributed by atoms with Gasteiger partial charge < -0.3 is 15.4 Å². The molecule has 1 fully saturated rings. The predicted molar refractivity (Wildman–Crippen MR) is 88.7 cm³/mol. The summed E-state index contributed by atoms with van der Waals surface area (Å²) in [4.78, 5) is 12.3. The topological polar surface area (TPSA) is 94.0 Å². The Bertz CT molecular complexity index is 664. The van der Waals surface area contributed by atoms with Gasteiger partial charge in [0.15, 0.2) is 0 Å². The van der Waals surface area contributed by atoms with Crippen LogP contribution in [0.5, 0.6) is 5.75 Å². The fourth-order valence-corrected chi connectivity index (χ4v) is 2.51. The third-order valence-corrected chi connectivity index (χ3v) is 3.90. The van der Waals surface area contributed by atoms with Crippen LogP contribution in [0.25, 0.3) is 0 Å². The number of carbonyl (C=O) groups is 1. The monoisotopic (exact) mass is 330 g/mol. The van der Waals surface area contributed by atoms with E-state index in [1.54, 1.807) is 4.68 Å². The maximum atomic E-state index is 12.3. The minimum atomic E-state index is -0.584. The van der Waals surface area contributed by atoms with Crippen LogP contribution in [0.15, 0.2) is 30.6 Å². The molecule has 1 amide bonds.